The molecule has 3 N–H and O–H groups in total. The second-order valence-electron chi connectivity index (χ2n) is 5.48. The van der Waals surface area contributed by atoms with Crippen LogP contribution in [-0.2, 0) is 4.79 Å². The van der Waals surface area contributed by atoms with Gasteiger partial charge in [-0.1, -0.05) is 19.8 Å². The van der Waals surface area contributed by atoms with Crippen LogP contribution in [0, 0.1) is 11.8 Å². The summed E-state index contributed by atoms with van der Waals surface area (Å²) in [5, 5.41) is 11.1. The van der Waals surface area contributed by atoms with Gasteiger partial charge in [-0.3, -0.25) is 10.6 Å². The lowest BCUT2D eigenvalue weighted by Gasteiger charge is -2.41. The van der Waals surface area contributed by atoms with Gasteiger partial charge in [0.15, 0.2) is 0 Å². The van der Waals surface area contributed by atoms with Crippen molar-refractivity contribution in [2.75, 3.05) is 6.54 Å². The van der Waals surface area contributed by atoms with Gasteiger partial charge in [0.25, 0.3) is 0 Å². The van der Waals surface area contributed by atoms with Crippen molar-refractivity contribution >= 4 is 5.97 Å². The van der Waals surface area contributed by atoms with E-state index in [-0.39, 0.29) is 5.92 Å². The minimum absolute atomic E-state index is 0.244. The number of carbonyl (C=O) groups is 1. The Labute approximate surface area is 96.8 Å². The maximum atomic E-state index is 11.6. The summed E-state index contributed by atoms with van der Waals surface area (Å²) in [6.45, 7) is 2.97. The van der Waals surface area contributed by atoms with Crippen molar-refractivity contribution < 1.29 is 9.90 Å². The van der Waals surface area contributed by atoms with E-state index in [1.807, 2.05) is 0 Å². The number of rotatable bonds is 2. The normalized spacial score (nSPS) is 41.1. The van der Waals surface area contributed by atoms with Crippen LogP contribution in [-0.4, -0.2) is 28.2 Å². The largest absolute Gasteiger partial charge is 0.480 e. The fourth-order valence-corrected chi connectivity index (χ4v) is 3.44. The summed E-state index contributed by atoms with van der Waals surface area (Å²) in [5.74, 6) is 6.21. The van der Waals surface area contributed by atoms with Crippen LogP contribution in [0.2, 0.25) is 0 Å². The molecule has 1 heterocycles. The zero-order valence-corrected chi connectivity index (χ0v) is 9.98. The molecule has 0 spiro atoms. The molecule has 0 aromatic heterocycles. The average molecular weight is 226 g/mol. The lowest BCUT2D eigenvalue weighted by atomic mass is 9.71. The number of nitrogens with zero attached hydrogens (tertiary/aromatic N) is 1. The zero-order valence-electron chi connectivity index (χ0n) is 9.98. The molecule has 4 heteroatoms. The summed E-state index contributed by atoms with van der Waals surface area (Å²) in [6, 6.07) is 0. The third kappa shape index (κ3) is 1.74. The monoisotopic (exact) mass is 226 g/mol. The number of aliphatic carboxylic acids is 1. The molecule has 0 bridgehead atoms. The number of hydrogen-bond acceptors (Lipinski definition) is 3. The Hall–Kier alpha value is -0.610. The summed E-state index contributed by atoms with van der Waals surface area (Å²) in [5.41, 5.74) is -0.764. The van der Waals surface area contributed by atoms with Crippen molar-refractivity contribution in [1.82, 2.24) is 5.01 Å². The minimum atomic E-state index is -0.764. The molecule has 0 aromatic rings. The molecule has 0 radical (unpaired) electrons. The Balaban J connectivity index is 2.17. The third-order valence-corrected chi connectivity index (χ3v) is 4.53. The molecule has 2 fully saturated rings. The Morgan fingerprint density at radius 1 is 1.38 bits per heavy atom. The van der Waals surface area contributed by atoms with E-state index < -0.39 is 11.5 Å². The van der Waals surface area contributed by atoms with E-state index in [9.17, 15) is 9.90 Å². The number of carboxylic acids is 1. The van der Waals surface area contributed by atoms with Gasteiger partial charge in [0, 0.05) is 6.54 Å². The van der Waals surface area contributed by atoms with E-state index in [0.29, 0.717) is 0 Å². The van der Waals surface area contributed by atoms with Crippen LogP contribution < -0.4 is 5.84 Å². The molecule has 1 saturated heterocycles. The first-order valence-electron chi connectivity index (χ1n) is 6.33. The molecule has 1 atom stereocenters. The molecule has 2 rings (SSSR count). The van der Waals surface area contributed by atoms with Gasteiger partial charge < -0.3 is 5.11 Å². The molecular weight excluding hydrogens is 204 g/mol. The first-order chi connectivity index (χ1) is 7.57. The molecule has 0 aromatic carbocycles. The van der Waals surface area contributed by atoms with E-state index in [0.717, 1.165) is 51.0 Å². The highest BCUT2D eigenvalue weighted by molar-refractivity contribution is 5.79. The van der Waals surface area contributed by atoms with Gasteiger partial charge in [0.2, 0.25) is 0 Å². The predicted molar refractivity (Wildman–Crippen MR) is 61.6 cm³/mol. The topological polar surface area (TPSA) is 66.6 Å². The summed E-state index contributed by atoms with van der Waals surface area (Å²) >= 11 is 0. The minimum Gasteiger partial charge on any atom is -0.480 e. The molecule has 2 aliphatic rings. The Bertz CT molecular complexity index is 274. The van der Waals surface area contributed by atoms with Crippen LogP contribution >= 0.6 is 0 Å². The van der Waals surface area contributed by atoms with Gasteiger partial charge in [-0.15, -0.1) is 0 Å². The van der Waals surface area contributed by atoms with Crippen LogP contribution in [0.15, 0.2) is 0 Å². The highest BCUT2D eigenvalue weighted by Crippen LogP contribution is 2.43. The Morgan fingerprint density at radius 2 is 2.00 bits per heavy atom. The highest BCUT2D eigenvalue weighted by atomic mass is 16.4. The fourth-order valence-electron chi connectivity index (χ4n) is 3.44. The van der Waals surface area contributed by atoms with Gasteiger partial charge in [0.05, 0.1) is 0 Å². The van der Waals surface area contributed by atoms with Crippen LogP contribution in [0.1, 0.15) is 45.4 Å². The molecule has 92 valence electrons. The SMILES string of the molecule is C[C@H]1CC[C@@H](C2(C(=O)O)CCCN2N)CC1. The van der Waals surface area contributed by atoms with E-state index in [1.54, 1.807) is 5.01 Å². The van der Waals surface area contributed by atoms with E-state index >= 15 is 0 Å². The molecule has 0 amide bonds. The molecule has 1 unspecified atom stereocenters. The number of hydrogen-bond donors (Lipinski definition) is 2. The maximum absolute atomic E-state index is 11.6. The smallest absolute Gasteiger partial charge is 0.325 e. The molecule has 4 nitrogen and oxygen atoms in total. The van der Waals surface area contributed by atoms with E-state index in [4.69, 9.17) is 5.84 Å². The second kappa shape index (κ2) is 4.34. The first-order valence-corrected chi connectivity index (χ1v) is 6.33. The van der Waals surface area contributed by atoms with Crippen molar-refractivity contribution in [3.63, 3.8) is 0 Å². The number of carboxylic acid groups (broad SMARTS) is 1. The van der Waals surface area contributed by atoms with Gasteiger partial charge in [0.1, 0.15) is 5.54 Å². The van der Waals surface area contributed by atoms with Crippen LogP contribution in [0.25, 0.3) is 0 Å². The van der Waals surface area contributed by atoms with Gasteiger partial charge in [-0.25, -0.2) is 5.01 Å². The van der Waals surface area contributed by atoms with Crippen molar-refractivity contribution in [2.45, 2.75) is 51.0 Å². The third-order valence-electron chi connectivity index (χ3n) is 4.53. The number of nitrogens with two attached hydrogens (primary N) is 1. The van der Waals surface area contributed by atoms with Gasteiger partial charge >= 0.3 is 5.97 Å². The van der Waals surface area contributed by atoms with Crippen molar-refractivity contribution in [3.8, 4) is 0 Å². The predicted octanol–water partition coefficient (Wildman–Crippen LogP) is 1.61. The maximum Gasteiger partial charge on any atom is 0.325 e. The first kappa shape index (κ1) is 11.9. The summed E-state index contributed by atoms with van der Waals surface area (Å²) in [6.07, 6.45) is 5.95. The standard InChI is InChI=1S/C12H22N2O2/c1-9-3-5-10(6-4-9)12(11(15)16)7-2-8-14(12)13/h9-10H,2-8,13H2,1H3,(H,15,16)/t9-,10+,12?. The van der Waals surface area contributed by atoms with Gasteiger partial charge in [-0.2, -0.15) is 0 Å². The van der Waals surface area contributed by atoms with Crippen LogP contribution in [0.3, 0.4) is 0 Å². The highest BCUT2D eigenvalue weighted by Gasteiger charge is 2.52. The average Bonchev–Trinajstić information content (AvgIpc) is 2.62. The molecule has 16 heavy (non-hydrogen) atoms. The molecule has 1 saturated carbocycles. The van der Waals surface area contributed by atoms with Crippen molar-refractivity contribution in [1.29, 1.82) is 0 Å². The summed E-state index contributed by atoms with van der Waals surface area (Å²) < 4.78 is 0. The summed E-state index contributed by atoms with van der Waals surface area (Å²) in [4.78, 5) is 11.6. The molecule has 1 aliphatic carbocycles. The molecular formula is C12H22N2O2. The van der Waals surface area contributed by atoms with Crippen molar-refractivity contribution in [2.24, 2.45) is 17.7 Å². The van der Waals surface area contributed by atoms with E-state index in [2.05, 4.69) is 6.92 Å². The Morgan fingerprint density at radius 3 is 2.44 bits per heavy atom. The quantitative estimate of drug-likeness (QED) is 0.702. The lowest BCUT2D eigenvalue weighted by Crippen LogP contribution is -2.59. The van der Waals surface area contributed by atoms with Gasteiger partial charge in [-0.05, 0) is 37.5 Å². The van der Waals surface area contributed by atoms with E-state index in [1.165, 1.54) is 0 Å². The van der Waals surface area contributed by atoms with Crippen LogP contribution in [0.5, 0.6) is 0 Å². The number of hydrazine groups is 1. The fraction of sp³-hybridized carbons (Fsp3) is 0.917. The van der Waals surface area contributed by atoms with Crippen LogP contribution in [0.4, 0.5) is 0 Å². The molecule has 1 aliphatic heterocycles. The lowest BCUT2D eigenvalue weighted by molar-refractivity contribution is -0.155. The Kier molecular flexibility index (Phi) is 3.22. The summed E-state index contributed by atoms with van der Waals surface area (Å²) in [7, 11) is 0. The van der Waals surface area contributed by atoms with Crippen molar-refractivity contribution in [3.05, 3.63) is 0 Å². The zero-order chi connectivity index (χ0) is 11.8. The second-order valence-corrected chi connectivity index (χ2v) is 5.48.